The van der Waals surface area contributed by atoms with E-state index in [-0.39, 0.29) is 6.09 Å². The minimum Gasteiger partial charge on any atom is -0.481 e. The number of nitrogens with zero attached hydrogens (tertiary/aromatic N) is 2. The third-order valence-corrected chi connectivity index (χ3v) is 2.22. The van der Waals surface area contributed by atoms with Crippen molar-refractivity contribution in [1.29, 1.82) is 0 Å². The monoisotopic (exact) mass is 242 g/mol. The Labute approximate surface area is 103 Å². The lowest BCUT2D eigenvalue weighted by Gasteiger charge is -2.26. The summed E-state index contributed by atoms with van der Waals surface area (Å²) in [5.74, 6) is 0.735. The van der Waals surface area contributed by atoms with E-state index < -0.39 is 5.60 Å². The van der Waals surface area contributed by atoms with E-state index in [1.54, 1.807) is 4.90 Å². The van der Waals surface area contributed by atoms with Crippen LogP contribution in [-0.4, -0.2) is 48.7 Å². The van der Waals surface area contributed by atoms with Crippen molar-refractivity contribution in [2.45, 2.75) is 39.7 Å². The minimum atomic E-state index is -0.451. The van der Waals surface area contributed by atoms with Crippen molar-refractivity contribution in [2.24, 2.45) is 4.99 Å². The molecule has 98 valence electrons. The van der Waals surface area contributed by atoms with Crippen LogP contribution in [0.3, 0.4) is 0 Å². The molecule has 0 saturated carbocycles. The number of hydrogen-bond acceptors (Lipinski definition) is 4. The summed E-state index contributed by atoms with van der Waals surface area (Å²) in [4.78, 5) is 17.8. The lowest BCUT2D eigenvalue weighted by atomic mass is 10.2. The second kappa shape index (κ2) is 5.89. The average molecular weight is 242 g/mol. The number of rotatable bonds is 1. The zero-order valence-electron chi connectivity index (χ0n) is 11.2. The van der Waals surface area contributed by atoms with Gasteiger partial charge in [-0.25, -0.2) is 4.79 Å². The Kier molecular flexibility index (Phi) is 4.78. The summed E-state index contributed by atoms with van der Waals surface area (Å²) >= 11 is 0. The number of aliphatic imine (C=N–C) groups is 1. The van der Waals surface area contributed by atoms with E-state index >= 15 is 0 Å². The van der Waals surface area contributed by atoms with Gasteiger partial charge in [0.05, 0.1) is 13.2 Å². The van der Waals surface area contributed by atoms with Gasteiger partial charge in [0.1, 0.15) is 5.60 Å². The predicted octanol–water partition coefficient (Wildman–Crippen LogP) is 2.06. The molecule has 1 aliphatic heterocycles. The van der Waals surface area contributed by atoms with E-state index in [0.717, 1.165) is 5.90 Å². The molecule has 0 aromatic heterocycles. The molecule has 1 amide bonds. The second-order valence-electron chi connectivity index (χ2n) is 4.93. The van der Waals surface area contributed by atoms with Gasteiger partial charge >= 0.3 is 6.09 Å². The summed E-state index contributed by atoms with van der Waals surface area (Å²) in [6.07, 6.45) is 0.387. The average Bonchev–Trinajstić information content (AvgIpc) is 2.41. The Morgan fingerprint density at radius 2 is 2.12 bits per heavy atom. The standard InChI is InChI=1S/C12H22N2O3/c1-5-16-10-6-8-14(9-7-13-10)11(15)17-12(2,3)4/h5-9H2,1-4H3. The Morgan fingerprint density at radius 3 is 2.71 bits per heavy atom. The molecule has 0 spiro atoms. The van der Waals surface area contributed by atoms with Gasteiger partial charge in [-0.15, -0.1) is 0 Å². The predicted molar refractivity (Wildman–Crippen MR) is 66.4 cm³/mol. The molecule has 0 unspecified atom stereocenters. The number of hydrogen-bond donors (Lipinski definition) is 0. The maximum Gasteiger partial charge on any atom is 0.410 e. The molecule has 1 heterocycles. The number of amides is 1. The summed E-state index contributed by atoms with van der Waals surface area (Å²) in [6.45, 7) is 9.92. The molecular formula is C12H22N2O3. The second-order valence-corrected chi connectivity index (χ2v) is 4.93. The fourth-order valence-electron chi connectivity index (χ4n) is 1.51. The van der Waals surface area contributed by atoms with Crippen LogP contribution >= 0.6 is 0 Å². The Hall–Kier alpha value is -1.26. The molecule has 0 aliphatic carbocycles. The zero-order valence-corrected chi connectivity index (χ0v) is 11.2. The summed E-state index contributed by atoms with van der Waals surface area (Å²) in [5.41, 5.74) is -0.451. The highest BCUT2D eigenvalue weighted by molar-refractivity contribution is 5.77. The van der Waals surface area contributed by atoms with Crippen LogP contribution in [0, 0.1) is 0 Å². The molecule has 0 radical (unpaired) electrons. The van der Waals surface area contributed by atoms with Gasteiger partial charge in [-0.05, 0) is 27.7 Å². The smallest absolute Gasteiger partial charge is 0.410 e. The molecule has 0 fully saturated rings. The molecule has 0 N–H and O–H groups in total. The van der Waals surface area contributed by atoms with Gasteiger partial charge in [-0.2, -0.15) is 0 Å². The fourth-order valence-corrected chi connectivity index (χ4v) is 1.51. The first-order valence-corrected chi connectivity index (χ1v) is 6.06. The van der Waals surface area contributed by atoms with Crippen LogP contribution in [0.25, 0.3) is 0 Å². The molecule has 0 aromatic carbocycles. The number of carbonyl (C=O) groups excluding carboxylic acids is 1. The molecule has 1 rings (SSSR count). The van der Waals surface area contributed by atoms with Gasteiger partial charge in [0.2, 0.25) is 0 Å². The van der Waals surface area contributed by atoms with Gasteiger partial charge in [-0.3, -0.25) is 4.99 Å². The Balaban J connectivity index is 2.46. The quantitative estimate of drug-likeness (QED) is 0.707. The molecule has 17 heavy (non-hydrogen) atoms. The molecule has 0 saturated heterocycles. The maximum atomic E-state index is 11.8. The van der Waals surface area contributed by atoms with Gasteiger partial charge in [0.15, 0.2) is 5.90 Å². The number of carbonyl (C=O) groups is 1. The first-order valence-electron chi connectivity index (χ1n) is 6.06. The molecule has 0 atom stereocenters. The van der Waals surface area contributed by atoms with Crippen molar-refractivity contribution in [3.05, 3.63) is 0 Å². The molecule has 5 nitrogen and oxygen atoms in total. The van der Waals surface area contributed by atoms with E-state index in [9.17, 15) is 4.79 Å². The first kappa shape index (κ1) is 13.8. The topological polar surface area (TPSA) is 51.1 Å². The van der Waals surface area contributed by atoms with E-state index in [1.807, 2.05) is 27.7 Å². The molecule has 0 bridgehead atoms. The lowest BCUT2D eigenvalue weighted by Crippen LogP contribution is -2.38. The first-order chi connectivity index (χ1) is 7.92. The van der Waals surface area contributed by atoms with Gasteiger partial charge in [0, 0.05) is 19.5 Å². The van der Waals surface area contributed by atoms with E-state index in [1.165, 1.54) is 0 Å². The number of ether oxygens (including phenoxy) is 2. The van der Waals surface area contributed by atoms with Crippen molar-refractivity contribution in [2.75, 3.05) is 26.2 Å². The molecule has 5 heteroatoms. The highest BCUT2D eigenvalue weighted by Crippen LogP contribution is 2.11. The van der Waals surface area contributed by atoms with E-state index in [2.05, 4.69) is 4.99 Å². The maximum absolute atomic E-state index is 11.8. The highest BCUT2D eigenvalue weighted by atomic mass is 16.6. The SMILES string of the molecule is CCOC1=NCCN(C(=O)OC(C)(C)C)CC1. The van der Waals surface area contributed by atoms with E-state index in [0.29, 0.717) is 32.7 Å². The third-order valence-electron chi connectivity index (χ3n) is 2.22. The van der Waals surface area contributed by atoms with Crippen LogP contribution in [0.5, 0.6) is 0 Å². The molecule has 0 aromatic rings. The van der Waals surface area contributed by atoms with Crippen molar-refractivity contribution in [3.63, 3.8) is 0 Å². The lowest BCUT2D eigenvalue weighted by molar-refractivity contribution is 0.0263. The summed E-state index contributed by atoms with van der Waals surface area (Å²) in [5, 5.41) is 0. The van der Waals surface area contributed by atoms with Crippen LogP contribution in [0.15, 0.2) is 4.99 Å². The fraction of sp³-hybridized carbons (Fsp3) is 0.833. The van der Waals surface area contributed by atoms with Gasteiger partial charge in [0.25, 0.3) is 0 Å². The van der Waals surface area contributed by atoms with Crippen LogP contribution < -0.4 is 0 Å². The van der Waals surface area contributed by atoms with Crippen molar-refractivity contribution >= 4 is 12.0 Å². The van der Waals surface area contributed by atoms with Gasteiger partial charge in [-0.1, -0.05) is 0 Å². The van der Waals surface area contributed by atoms with Gasteiger partial charge < -0.3 is 14.4 Å². The summed E-state index contributed by atoms with van der Waals surface area (Å²) in [6, 6.07) is 0. The van der Waals surface area contributed by atoms with Crippen molar-refractivity contribution < 1.29 is 14.3 Å². The van der Waals surface area contributed by atoms with Crippen molar-refractivity contribution in [1.82, 2.24) is 4.90 Å². The van der Waals surface area contributed by atoms with Crippen LogP contribution in [0.4, 0.5) is 4.79 Å². The minimum absolute atomic E-state index is 0.273. The highest BCUT2D eigenvalue weighted by Gasteiger charge is 2.23. The summed E-state index contributed by atoms with van der Waals surface area (Å²) < 4.78 is 10.7. The third kappa shape index (κ3) is 5.06. The van der Waals surface area contributed by atoms with Crippen LogP contribution in [0.2, 0.25) is 0 Å². The van der Waals surface area contributed by atoms with Crippen LogP contribution in [0.1, 0.15) is 34.1 Å². The molecule has 1 aliphatic rings. The van der Waals surface area contributed by atoms with E-state index in [4.69, 9.17) is 9.47 Å². The largest absolute Gasteiger partial charge is 0.481 e. The molecular weight excluding hydrogens is 220 g/mol. The van der Waals surface area contributed by atoms with Crippen LogP contribution in [-0.2, 0) is 9.47 Å². The Bertz CT molecular complexity index is 295. The normalized spacial score (nSPS) is 17.2. The Morgan fingerprint density at radius 1 is 1.41 bits per heavy atom. The summed E-state index contributed by atoms with van der Waals surface area (Å²) in [7, 11) is 0. The van der Waals surface area contributed by atoms with Crippen molar-refractivity contribution in [3.8, 4) is 0 Å². The zero-order chi connectivity index (χ0) is 12.9.